The lowest BCUT2D eigenvalue weighted by Crippen LogP contribution is -2.17. The van der Waals surface area contributed by atoms with Gasteiger partial charge in [0.2, 0.25) is 0 Å². The van der Waals surface area contributed by atoms with Gasteiger partial charge in [0.25, 0.3) is 0 Å². The number of anilines is 1. The highest BCUT2D eigenvalue weighted by molar-refractivity contribution is 7.22. The van der Waals surface area contributed by atoms with Gasteiger partial charge in [0.05, 0.1) is 10.9 Å². The molecule has 9 heteroatoms. The van der Waals surface area contributed by atoms with E-state index in [0.29, 0.717) is 15.5 Å². The van der Waals surface area contributed by atoms with E-state index in [1.54, 1.807) is 0 Å². The number of nitrogens with two attached hydrogens (primary N) is 1. The summed E-state index contributed by atoms with van der Waals surface area (Å²) in [6.07, 6.45) is -3.77. The maximum atomic E-state index is 11.9. The van der Waals surface area contributed by atoms with Gasteiger partial charge in [-0.15, -0.1) is 13.2 Å². The molecule has 86 valence electrons. The van der Waals surface area contributed by atoms with Crippen molar-refractivity contribution >= 4 is 26.8 Å². The number of rotatable bonds is 2. The molecule has 0 fully saturated rings. The van der Waals surface area contributed by atoms with E-state index in [1.807, 2.05) is 0 Å². The van der Waals surface area contributed by atoms with Crippen molar-refractivity contribution in [3.8, 4) is 5.75 Å². The Balaban J connectivity index is 2.36. The van der Waals surface area contributed by atoms with Crippen LogP contribution in [0.25, 0.3) is 10.3 Å². The van der Waals surface area contributed by atoms with Crippen molar-refractivity contribution in [1.82, 2.24) is 9.97 Å². The van der Waals surface area contributed by atoms with Crippen LogP contribution in [-0.2, 0) is 0 Å². The molecule has 0 aliphatic carbocycles. The Morgan fingerprint density at radius 3 is 2.81 bits per heavy atom. The molecule has 2 aromatic rings. The maximum Gasteiger partial charge on any atom is 0.573 e. The zero-order chi connectivity index (χ0) is 11.8. The summed E-state index contributed by atoms with van der Waals surface area (Å²) in [6.45, 7) is 0. The fraction of sp³-hybridized carbons (Fsp3) is 0.143. The van der Waals surface area contributed by atoms with Crippen LogP contribution < -0.4 is 16.0 Å². The summed E-state index contributed by atoms with van der Waals surface area (Å²) in [7, 11) is 0. The van der Waals surface area contributed by atoms with Crippen LogP contribution in [0.1, 0.15) is 0 Å². The topological polar surface area (TPSA) is 73.1 Å². The summed E-state index contributed by atoms with van der Waals surface area (Å²) >= 11 is 1.08. The number of fused-ring (bicyclic) bond motifs is 1. The number of nitrogens with one attached hydrogen (secondary N) is 1. The molecule has 2 rings (SSSR count). The number of nitrogens with zero attached hydrogens (tertiary/aromatic N) is 2. The van der Waals surface area contributed by atoms with E-state index < -0.39 is 6.36 Å². The van der Waals surface area contributed by atoms with E-state index >= 15 is 0 Å². The highest BCUT2D eigenvalue weighted by atomic mass is 32.1. The van der Waals surface area contributed by atoms with Gasteiger partial charge in [0.15, 0.2) is 10.8 Å². The first-order valence-corrected chi connectivity index (χ1v) is 4.78. The molecular formula is C7H5F3N4OS. The predicted octanol–water partition coefficient (Wildman–Crippen LogP) is 1.88. The van der Waals surface area contributed by atoms with Gasteiger partial charge in [-0.25, -0.2) is 10.8 Å². The quantitative estimate of drug-likeness (QED) is 0.628. The summed E-state index contributed by atoms with van der Waals surface area (Å²) in [5, 5.41) is 0.367. The Hall–Kier alpha value is -1.61. The molecule has 0 saturated carbocycles. The fourth-order valence-corrected chi connectivity index (χ4v) is 1.82. The lowest BCUT2D eigenvalue weighted by Gasteiger charge is -2.07. The van der Waals surface area contributed by atoms with Crippen molar-refractivity contribution in [2.45, 2.75) is 6.36 Å². The molecule has 16 heavy (non-hydrogen) atoms. The number of aromatic nitrogens is 2. The summed E-state index contributed by atoms with van der Waals surface area (Å²) in [5.41, 5.74) is 2.60. The predicted molar refractivity (Wildman–Crippen MR) is 51.9 cm³/mol. The third-order valence-corrected chi connectivity index (χ3v) is 2.50. The van der Waals surface area contributed by atoms with Crippen molar-refractivity contribution in [2.75, 3.05) is 5.43 Å². The van der Waals surface area contributed by atoms with Gasteiger partial charge < -0.3 is 4.74 Å². The minimum atomic E-state index is -4.73. The van der Waals surface area contributed by atoms with E-state index in [1.165, 1.54) is 6.07 Å². The van der Waals surface area contributed by atoms with Crippen LogP contribution in [0.2, 0.25) is 0 Å². The largest absolute Gasteiger partial charge is 0.573 e. The van der Waals surface area contributed by atoms with Crippen LogP contribution in [0, 0.1) is 0 Å². The van der Waals surface area contributed by atoms with Crippen LogP contribution in [0.15, 0.2) is 12.3 Å². The van der Waals surface area contributed by atoms with E-state index in [-0.39, 0.29) is 5.75 Å². The number of ether oxygens (including phenoxy) is 1. The molecule has 0 aliphatic rings. The molecule has 2 heterocycles. The zero-order valence-corrected chi connectivity index (χ0v) is 8.39. The first kappa shape index (κ1) is 10.9. The average molecular weight is 250 g/mol. The second kappa shape index (κ2) is 3.76. The standard InChI is InChI=1S/C7H5F3N4OS/c8-7(9,10)15-3-1-4-5(12-2-3)13-6(14-11)16-4/h1-2H,11H2,(H,12,13,14). The monoisotopic (exact) mass is 250 g/mol. The third-order valence-electron chi connectivity index (χ3n) is 1.58. The second-order valence-electron chi connectivity index (χ2n) is 2.70. The van der Waals surface area contributed by atoms with Gasteiger partial charge in [-0.1, -0.05) is 11.3 Å². The minimum absolute atomic E-state index is 0.312. The van der Waals surface area contributed by atoms with Crippen LogP contribution in [-0.4, -0.2) is 16.3 Å². The van der Waals surface area contributed by atoms with Gasteiger partial charge in [-0.3, -0.25) is 5.43 Å². The Morgan fingerprint density at radius 1 is 1.44 bits per heavy atom. The smallest absolute Gasteiger partial charge is 0.404 e. The van der Waals surface area contributed by atoms with Crippen molar-refractivity contribution in [2.24, 2.45) is 5.84 Å². The molecule has 5 nitrogen and oxygen atoms in total. The van der Waals surface area contributed by atoms with Gasteiger partial charge in [0, 0.05) is 6.07 Å². The minimum Gasteiger partial charge on any atom is -0.404 e. The Kier molecular flexibility index (Phi) is 2.56. The number of hydrazine groups is 1. The molecule has 0 spiro atoms. The third kappa shape index (κ3) is 2.31. The lowest BCUT2D eigenvalue weighted by atomic mass is 10.4. The van der Waals surface area contributed by atoms with Crippen LogP contribution in [0.5, 0.6) is 5.75 Å². The van der Waals surface area contributed by atoms with Crippen LogP contribution >= 0.6 is 11.3 Å². The molecule has 0 unspecified atom stereocenters. The van der Waals surface area contributed by atoms with Gasteiger partial charge in [-0.05, 0) is 0 Å². The van der Waals surface area contributed by atoms with Gasteiger partial charge in [0.1, 0.15) is 5.75 Å². The maximum absolute atomic E-state index is 11.9. The number of halogens is 3. The molecule has 0 amide bonds. The van der Waals surface area contributed by atoms with E-state index in [4.69, 9.17) is 5.84 Å². The summed E-state index contributed by atoms with van der Waals surface area (Å²) in [6, 6.07) is 1.20. The molecule has 0 aromatic carbocycles. The molecule has 0 atom stereocenters. The van der Waals surface area contributed by atoms with E-state index in [9.17, 15) is 13.2 Å². The van der Waals surface area contributed by atoms with Crippen molar-refractivity contribution < 1.29 is 17.9 Å². The Morgan fingerprint density at radius 2 is 2.19 bits per heavy atom. The van der Waals surface area contributed by atoms with E-state index in [2.05, 4.69) is 20.1 Å². The molecule has 0 saturated heterocycles. The highest BCUT2D eigenvalue weighted by Gasteiger charge is 2.31. The van der Waals surface area contributed by atoms with Gasteiger partial charge >= 0.3 is 6.36 Å². The summed E-state index contributed by atoms with van der Waals surface area (Å²) < 4.78 is 39.9. The fourth-order valence-electron chi connectivity index (χ4n) is 1.05. The normalized spacial score (nSPS) is 11.8. The Labute approximate surface area is 91.0 Å². The van der Waals surface area contributed by atoms with E-state index in [0.717, 1.165) is 17.5 Å². The number of thiazole rings is 1. The number of hydrogen-bond donors (Lipinski definition) is 2. The zero-order valence-electron chi connectivity index (χ0n) is 7.58. The first-order valence-electron chi connectivity index (χ1n) is 3.97. The number of nitrogen functional groups attached to an aromatic ring is 1. The number of hydrogen-bond acceptors (Lipinski definition) is 6. The molecular weight excluding hydrogens is 245 g/mol. The van der Waals surface area contributed by atoms with Gasteiger partial charge in [-0.2, -0.15) is 4.98 Å². The SMILES string of the molecule is NNc1nc2ncc(OC(F)(F)F)cc2s1. The summed E-state index contributed by atoms with van der Waals surface area (Å²) in [5.74, 6) is 4.73. The lowest BCUT2D eigenvalue weighted by molar-refractivity contribution is -0.274. The number of alkyl halides is 3. The average Bonchev–Trinajstić information content (AvgIpc) is 2.57. The van der Waals surface area contributed by atoms with Crippen molar-refractivity contribution in [1.29, 1.82) is 0 Å². The summed E-state index contributed by atoms with van der Waals surface area (Å²) in [4.78, 5) is 7.62. The molecule has 3 N–H and O–H groups in total. The van der Waals surface area contributed by atoms with Crippen LogP contribution in [0.4, 0.5) is 18.3 Å². The van der Waals surface area contributed by atoms with Crippen LogP contribution in [0.3, 0.4) is 0 Å². The molecule has 0 aliphatic heterocycles. The van der Waals surface area contributed by atoms with Crippen molar-refractivity contribution in [3.05, 3.63) is 12.3 Å². The molecule has 0 radical (unpaired) electrons. The molecule has 0 bridgehead atoms. The first-order chi connectivity index (χ1) is 7.48. The Bertz CT molecular complexity index is 512. The van der Waals surface area contributed by atoms with Crippen molar-refractivity contribution in [3.63, 3.8) is 0 Å². The molecule has 2 aromatic heterocycles. The number of pyridine rings is 1. The highest BCUT2D eigenvalue weighted by Crippen LogP contribution is 2.29. The second-order valence-corrected chi connectivity index (χ2v) is 3.73.